The lowest BCUT2D eigenvalue weighted by molar-refractivity contribution is -0.151. The Hall–Kier alpha value is -1.12. The predicted molar refractivity (Wildman–Crippen MR) is 67.5 cm³/mol. The highest BCUT2D eigenvalue weighted by atomic mass is 16.7. The van der Waals surface area contributed by atoms with Gasteiger partial charge < -0.3 is 9.47 Å². The maximum atomic E-state index is 5.73. The lowest BCUT2D eigenvalue weighted by Gasteiger charge is -2.20. The summed E-state index contributed by atoms with van der Waals surface area (Å²) in [5.74, 6) is 0.347. The molecule has 90 valence electrons. The van der Waals surface area contributed by atoms with Gasteiger partial charge in [-0.1, -0.05) is 42.5 Å². The van der Waals surface area contributed by atoms with E-state index in [1.807, 2.05) is 6.07 Å². The van der Waals surface area contributed by atoms with Crippen LogP contribution in [-0.4, -0.2) is 19.0 Å². The lowest BCUT2D eigenvalue weighted by atomic mass is 10.1. The van der Waals surface area contributed by atoms with E-state index in [1.54, 1.807) is 0 Å². The van der Waals surface area contributed by atoms with Crippen molar-refractivity contribution in [1.29, 1.82) is 0 Å². The highest BCUT2D eigenvalue weighted by molar-refractivity contribution is 5.49. The standard InChI is InChI=1S/C15H18O2/c1-2-4-13(5-3-1)6-7-14-8-9-15(12-14)16-10-11-17-15/h1-7,14H,8-12H2. The third-order valence-electron chi connectivity index (χ3n) is 3.64. The van der Waals surface area contributed by atoms with Gasteiger partial charge in [-0.2, -0.15) is 0 Å². The normalized spacial score (nSPS) is 27.2. The molecule has 0 radical (unpaired) electrons. The highest BCUT2D eigenvalue weighted by Crippen LogP contribution is 2.41. The van der Waals surface area contributed by atoms with Crippen LogP contribution in [0.5, 0.6) is 0 Å². The Morgan fingerprint density at radius 1 is 1.12 bits per heavy atom. The number of rotatable bonds is 2. The van der Waals surface area contributed by atoms with E-state index in [9.17, 15) is 0 Å². The molecule has 1 atom stereocenters. The molecule has 1 aromatic carbocycles. The van der Waals surface area contributed by atoms with Crippen LogP contribution in [0, 0.1) is 5.92 Å². The maximum absolute atomic E-state index is 5.73. The van der Waals surface area contributed by atoms with Gasteiger partial charge in [-0.3, -0.25) is 0 Å². The van der Waals surface area contributed by atoms with Crippen LogP contribution < -0.4 is 0 Å². The Labute approximate surface area is 102 Å². The van der Waals surface area contributed by atoms with Crippen molar-refractivity contribution in [2.45, 2.75) is 25.0 Å². The zero-order chi connectivity index (χ0) is 11.6. The van der Waals surface area contributed by atoms with Crippen molar-refractivity contribution < 1.29 is 9.47 Å². The van der Waals surface area contributed by atoms with Crippen molar-refractivity contribution in [1.82, 2.24) is 0 Å². The fraction of sp³-hybridized carbons (Fsp3) is 0.467. The minimum atomic E-state index is -0.244. The van der Waals surface area contributed by atoms with E-state index >= 15 is 0 Å². The summed E-state index contributed by atoms with van der Waals surface area (Å²) in [6, 6.07) is 10.4. The number of benzene rings is 1. The molecule has 0 bridgehead atoms. The van der Waals surface area contributed by atoms with Gasteiger partial charge in [0.2, 0.25) is 0 Å². The van der Waals surface area contributed by atoms with E-state index in [1.165, 1.54) is 12.0 Å². The summed E-state index contributed by atoms with van der Waals surface area (Å²) in [4.78, 5) is 0. The Morgan fingerprint density at radius 3 is 2.65 bits per heavy atom. The summed E-state index contributed by atoms with van der Waals surface area (Å²) in [7, 11) is 0. The van der Waals surface area contributed by atoms with Crippen LogP contribution in [0.4, 0.5) is 0 Å². The molecule has 1 aliphatic heterocycles. The molecule has 2 nitrogen and oxygen atoms in total. The van der Waals surface area contributed by atoms with Crippen LogP contribution in [0.3, 0.4) is 0 Å². The molecule has 1 saturated heterocycles. The second-order valence-electron chi connectivity index (χ2n) is 4.88. The van der Waals surface area contributed by atoms with Crippen molar-refractivity contribution in [2.75, 3.05) is 13.2 Å². The Balaban J connectivity index is 1.62. The van der Waals surface area contributed by atoms with E-state index in [0.29, 0.717) is 5.92 Å². The average Bonchev–Trinajstić information content (AvgIpc) is 2.99. The lowest BCUT2D eigenvalue weighted by Crippen LogP contribution is -2.25. The molecule has 0 amide bonds. The minimum Gasteiger partial charge on any atom is -0.348 e. The van der Waals surface area contributed by atoms with Gasteiger partial charge >= 0.3 is 0 Å². The fourth-order valence-electron chi connectivity index (χ4n) is 2.74. The maximum Gasteiger partial charge on any atom is 0.169 e. The summed E-state index contributed by atoms with van der Waals surface area (Å²) in [5.41, 5.74) is 1.27. The van der Waals surface area contributed by atoms with Gasteiger partial charge in [0.05, 0.1) is 13.2 Å². The van der Waals surface area contributed by atoms with Crippen LogP contribution in [-0.2, 0) is 9.47 Å². The minimum absolute atomic E-state index is 0.244. The van der Waals surface area contributed by atoms with Crippen LogP contribution in [0.2, 0.25) is 0 Å². The molecule has 3 rings (SSSR count). The first-order valence-corrected chi connectivity index (χ1v) is 6.38. The molecule has 0 N–H and O–H groups in total. The molecule has 2 fully saturated rings. The molecule has 1 heterocycles. The first kappa shape index (κ1) is 11.0. The van der Waals surface area contributed by atoms with E-state index in [-0.39, 0.29) is 5.79 Å². The summed E-state index contributed by atoms with van der Waals surface area (Å²) in [5, 5.41) is 0. The fourth-order valence-corrected chi connectivity index (χ4v) is 2.74. The Morgan fingerprint density at radius 2 is 1.88 bits per heavy atom. The van der Waals surface area contributed by atoms with Crippen LogP contribution in [0.1, 0.15) is 24.8 Å². The highest BCUT2D eigenvalue weighted by Gasteiger charge is 2.43. The molecular weight excluding hydrogens is 212 g/mol. The van der Waals surface area contributed by atoms with Gasteiger partial charge in [0.1, 0.15) is 0 Å². The molecule has 1 saturated carbocycles. The van der Waals surface area contributed by atoms with Gasteiger partial charge in [-0.25, -0.2) is 0 Å². The van der Waals surface area contributed by atoms with Gasteiger partial charge in [0.25, 0.3) is 0 Å². The Bertz CT molecular complexity index is 391. The van der Waals surface area contributed by atoms with Crippen LogP contribution in [0.25, 0.3) is 6.08 Å². The molecule has 1 spiro atoms. The molecular formula is C15H18O2. The summed E-state index contributed by atoms with van der Waals surface area (Å²) in [6.45, 7) is 1.52. The molecule has 0 aromatic heterocycles. The molecule has 2 aliphatic rings. The molecule has 1 unspecified atom stereocenters. The van der Waals surface area contributed by atoms with Gasteiger partial charge in [0, 0.05) is 12.8 Å². The number of hydrogen-bond acceptors (Lipinski definition) is 2. The Kier molecular flexibility index (Phi) is 3.00. The van der Waals surface area contributed by atoms with E-state index in [0.717, 1.165) is 26.1 Å². The van der Waals surface area contributed by atoms with E-state index < -0.39 is 0 Å². The third kappa shape index (κ3) is 2.43. The molecule has 2 heteroatoms. The van der Waals surface area contributed by atoms with Crippen molar-refractivity contribution in [3.05, 3.63) is 42.0 Å². The number of ether oxygens (including phenoxy) is 2. The zero-order valence-electron chi connectivity index (χ0n) is 9.97. The van der Waals surface area contributed by atoms with E-state index in [2.05, 4.69) is 36.4 Å². The van der Waals surface area contributed by atoms with Crippen molar-refractivity contribution in [3.63, 3.8) is 0 Å². The van der Waals surface area contributed by atoms with E-state index in [4.69, 9.17) is 9.47 Å². The summed E-state index contributed by atoms with van der Waals surface area (Å²) < 4.78 is 11.5. The molecule has 1 aliphatic carbocycles. The topological polar surface area (TPSA) is 18.5 Å². The second-order valence-corrected chi connectivity index (χ2v) is 4.88. The van der Waals surface area contributed by atoms with Gasteiger partial charge in [0.15, 0.2) is 5.79 Å². The quantitative estimate of drug-likeness (QED) is 0.776. The van der Waals surface area contributed by atoms with Crippen LogP contribution >= 0.6 is 0 Å². The first-order chi connectivity index (χ1) is 8.36. The first-order valence-electron chi connectivity index (χ1n) is 6.38. The smallest absolute Gasteiger partial charge is 0.169 e. The largest absolute Gasteiger partial charge is 0.348 e. The zero-order valence-corrected chi connectivity index (χ0v) is 9.97. The van der Waals surface area contributed by atoms with Gasteiger partial charge in [-0.05, 0) is 17.9 Å². The van der Waals surface area contributed by atoms with Gasteiger partial charge in [-0.15, -0.1) is 0 Å². The number of allylic oxidation sites excluding steroid dienone is 1. The van der Waals surface area contributed by atoms with Crippen molar-refractivity contribution >= 4 is 6.08 Å². The summed E-state index contributed by atoms with van der Waals surface area (Å²) in [6.07, 6.45) is 7.73. The van der Waals surface area contributed by atoms with Crippen molar-refractivity contribution in [3.8, 4) is 0 Å². The second kappa shape index (κ2) is 4.63. The average molecular weight is 230 g/mol. The van der Waals surface area contributed by atoms with Crippen LogP contribution in [0.15, 0.2) is 36.4 Å². The van der Waals surface area contributed by atoms with Crippen molar-refractivity contribution in [2.24, 2.45) is 5.92 Å². The predicted octanol–water partition coefficient (Wildman–Crippen LogP) is 3.24. The monoisotopic (exact) mass is 230 g/mol. The number of hydrogen-bond donors (Lipinski definition) is 0. The SMILES string of the molecule is C(=CC1CCC2(C1)OCCO2)c1ccccc1. The molecule has 17 heavy (non-hydrogen) atoms. The molecule has 1 aromatic rings. The third-order valence-corrected chi connectivity index (χ3v) is 3.64. The summed E-state index contributed by atoms with van der Waals surface area (Å²) >= 11 is 0.